The summed E-state index contributed by atoms with van der Waals surface area (Å²) in [5.74, 6) is 2.07. The molecule has 0 saturated carbocycles. The van der Waals surface area contributed by atoms with E-state index >= 15 is 0 Å². The summed E-state index contributed by atoms with van der Waals surface area (Å²) in [6, 6.07) is 5.96. The number of hydrogen-bond acceptors (Lipinski definition) is 7. The Labute approximate surface area is 191 Å². The van der Waals surface area contributed by atoms with Gasteiger partial charge in [-0.2, -0.15) is 5.10 Å². The maximum Gasteiger partial charge on any atom is 0.252 e. The second-order valence-corrected chi connectivity index (χ2v) is 8.14. The lowest BCUT2D eigenvalue weighted by Crippen LogP contribution is -2.41. The van der Waals surface area contributed by atoms with Crippen LogP contribution >= 0.6 is 0 Å². The van der Waals surface area contributed by atoms with Gasteiger partial charge in [-0.15, -0.1) is 0 Å². The van der Waals surface area contributed by atoms with Gasteiger partial charge in [-0.05, 0) is 32.0 Å². The van der Waals surface area contributed by atoms with E-state index in [-0.39, 0.29) is 11.9 Å². The molecule has 10 heteroatoms. The van der Waals surface area contributed by atoms with Crippen LogP contribution in [0.25, 0.3) is 22.6 Å². The number of aryl methyl sites for hydroxylation is 1. The van der Waals surface area contributed by atoms with Crippen LogP contribution in [0.15, 0.2) is 36.8 Å². The first-order valence-corrected chi connectivity index (χ1v) is 10.9. The van der Waals surface area contributed by atoms with Crippen molar-refractivity contribution >= 4 is 22.9 Å². The molecular formula is C23H26N8O2. The molecule has 10 nitrogen and oxygen atoms in total. The number of nitrogens with one attached hydrogen (secondary N) is 1. The standard InChI is InChI=1S/C23H26N8O2/c1-5-30-14(2)13-33-19-9-15(10-26-22(19)30)20-27-18-8-16(23(32)24-3)11-25-21(18)31(20)12-17-6-7-29(4)28-17/h6-11,14H,5,12-13H2,1-4H3,(H,24,32). The first-order valence-electron chi connectivity index (χ1n) is 10.9. The van der Waals surface area contributed by atoms with E-state index in [1.807, 2.05) is 36.1 Å². The van der Waals surface area contributed by atoms with Gasteiger partial charge in [0.05, 0.1) is 23.8 Å². The molecule has 4 aromatic heterocycles. The predicted molar refractivity (Wildman–Crippen MR) is 124 cm³/mol. The van der Waals surface area contributed by atoms with Gasteiger partial charge in [0.1, 0.15) is 17.9 Å². The second-order valence-electron chi connectivity index (χ2n) is 8.14. The molecule has 0 fully saturated rings. The fourth-order valence-electron chi connectivity index (χ4n) is 4.21. The number of carbonyl (C=O) groups is 1. The minimum Gasteiger partial charge on any atom is -0.488 e. The van der Waals surface area contributed by atoms with Crippen molar-refractivity contribution in [2.24, 2.45) is 7.05 Å². The van der Waals surface area contributed by atoms with Crippen molar-refractivity contribution < 1.29 is 9.53 Å². The molecule has 0 spiro atoms. The molecule has 0 aromatic carbocycles. The van der Waals surface area contributed by atoms with Gasteiger partial charge in [0.25, 0.3) is 5.91 Å². The van der Waals surface area contributed by atoms with Crippen molar-refractivity contribution in [1.82, 2.24) is 34.6 Å². The Morgan fingerprint density at radius 3 is 2.85 bits per heavy atom. The number of fused-ring (bicyclic) bond motifs is 2. The molecule has 4 aromatic rings. The molecule has 0 saturated heterocycles. The summed E-state index contributed by atoms with van der Waals surface area (Å²) in [4.78, 5) is 28.5. The normalized spacial score (nSPS) is 15.4. The first kappa shape index (κ1) is 20.9. The number of aromatic nitrogens is 6. The Morgan fingerprint density at radius 2 is 2.12 bits per heavy atom. The average molecular weight is 447 g/mol. The van der Waals surface area contributed by atoms with E-state index in [2.05, 4.69) is 34.1 Å². The summed E-state index contributed by atoms with van der Waals surface area (Å²) in [6.07, 6.45) is 5.29. The molecule has 1 unspecified atom stereocenters. The lowest BCUT2D eigenvalue weighted by Gasteiger charge is -2.34. The summed E-state index contributed by atoms with van der Waals surface area (Å²) >= 11 is 0. The molecule has 1 amide bonds. The second kappa shape index (κ2) is 8.19. The molecule has 0 bridgehead atoms. The molecule has 0 aliphatic carbocycles. The number of imidazole rings is 1. The smallest absolute Gasteiger partial charge is 0.252 e. The third-order valence-corrected chi connectivity index (χ3v) is 5.88. The lowest BCUT2D eigenvalue weighted by atomic mass is 10.2. The third kappa shape index (κ3) is 3.67. The van der Waals surface area contributed by atoms with E-state index in [0.29, 0.717) is 35.7 Å². The highest BCUT2D eigenvalue weighted by Gasteiger charge is 2.26. The van der Waals surface area contributed by atoms with Gasteiger partial charge in [0.15, 0.2) is 17.2 Å². The van der Waals surface area contributed by atoms with Crippen molar-refractivity contribution in [3.63, 3.8) is 0 Å². The maximum absolute atomic E-state index is 12.1. The number of ether oxygens (including phenoxy) is 1. The zero-order valence-electron chi connectivity index (χ0n) is 19.1. The number of carbonyl (C=O) groups excluding carboxylic acids is 1. The molecule has 1 aliphatic heterocycles. The summed E-state index contributed by atoms with van der Waals surface area (Å²) in [6.45, 7) is 6.18. The highest BCUT2D eigenvalue weighted by Crippen LogP contribution is 2.35. The van der Waals surface area contributed by atoms with Crippen LogP contribution in [0.2, 0.25) is 0 Å². The third-order valence-electron chi connectivity index (χ3n) is 5.88. The van der Waals surface area contributed by atoms with Gasteiger partial charge < -0.3 is 19.5 Å². The molecule has 33 heavy (non-hydrogen) atoms. The molecule has 0 radical (unpaired) electrons. The molecule has 5 rings (SSSR count). The number of pyridine rings is 2. The summed E-state index contributed by atoms with van der Waals surface area (Å²) in [5, 5.41) is 7.15. The molecule has 1 atom stereocenters. The number of hydrogen-bond donors (Lipinski definition) is 1. The predicted octanol–water partition coefficient (Wildman–Crippen LogP) is 2.24. The van der Waals surface area contributed by atoms with Gasteiger partial charge in [-0.1, -0.05) is 0 Å². The quantitative estimate of drug-likeness (QED) is 0.501. The molecular weight excluding hydrogens is 420 g/mol. The van der Waals surface area contributed by atoms with E-state index in [0.717, 1.165) is 29.4 Å². The van der Waals surface area contributed by atoms with Gasteiger partial charge in [0, 0.05) is 44.8 Å². The van der Waals surface area contributed by atoms with Crippen LogP contribution in [0, 0.1) is 0 Å². The Kier molecular flexibility index (Phi) is 5.20. The molecule has 1 aliphatic rings. The van der Waals surface area contributed by atoms with Crippen LogP contribution in [0.3, 0.4) is 0 Å². The molecule has 1 N–H and O–H groups in total. The number of nitrogens with zero attached hydrogens (tertiary/aromatic N) is 7. The maximum atomic E-state index is 12.1. The van der Waals surface area contributed by atoms with Crippen molar-refractivity contribution in [1.29, 1.82) is 0 Å². The number of likely N-dealkylation sites (N-methyl/N-ethyl adjacent to an activating group) is 1. The van der Waals surface area contributed by atoms with Crippen molar-refractivity contribution in [3.05, 3.63) is 48.0 Å². The number of amides is 1. The van der Waals surface area contributed by atoms with Crippen LogP contribution in [-0.4, -0.2) is 61.4 Å². The monoisotopic (exact) mass is 446 g/mol. The number of anilines is 1. The highest BCUT2D eigenvalue weighted by atomic mass is 16.5. The van der Waals surface area contributed by atoms with Crippen LogP contribution in [0.1, 0.15) is 29.9 Å². The largest absolute Gasteiger partial charge is 0.488 e. The Morgan fingerprint density at radius 1 is 1.27 bits per heavy atom. The topological polar surface area (TPSA) is 103 Å². The fourth-order valence-corrected chi connectivity index (χ4v) is 4.21. The van der Waals surface area contributed by atoms with E-state index < -0.39 is 0 Å². The minimum absolute atomic E-state index is 0.206. The Hall–Kier alpha value is -3.95. The molecule has 170 valence electrons. The van der Waals surface area contributed by atoms with Crippen LogP contribution in [-0.2, 0) is 13.6 Å². The summed E-state index contributed by atoms with van der Waals surface area (Å²) in [5.41, 5.74) is 3.45. The average Bonchev–Trinajstić information content (AvgIpc) is 3.41. The van der Waals surface area contributed by atoms with Gasteiger partial charge in [-0.3, -0.25) is 9.48 Å². The first-order chi connectivity index (χ1) is 16.0. The van der Waals surface area contributed by atoms with E-state index in [1.54, 1.807) is 24.0 Å². The Balaban J connectivity index is 1.64. The van der Waals surface area contributed by atoms with Crippen LogP contribution in [0.4, 0.5) is 5.82 Å². The van der Waals surface area contributed by atoms with Gasteiger partial charge in [0.2, 0.25) is 0 Å². The van der Waals surface area contributed by atoms with Crippen molar-refractivity contribution in [2.45, 2.75) is 26.4 Å². The van der Waals surface area contributed by atoms with Crippen molar-refractivity contribution in [2.75, 3.05) is 25.1 Å². The Bertz CT molecular complexity index is 1340. The summed E-state index contributed by atoms with van der Waals surface area (Å²) < 4.78 is 9.77. The zero-order chi connectivity index (χ0) is 23.1. The lowest BCUT2D eigenvalue weighted by molar-refractivity contribution is 0.0963. The van der Waals surface area contributed by atoms with Crippen molar-refractivity contribution in [3.8, 4) is 17.1 Å². The zero-order valence-corrected chi connectivity index (χ0v) is 19.1. The van der Waals surface area contributed by atoms with E-state index in [1.165, 1.54) is 0 Å². The fraction of sp³-hybridized carbons (Fsp3) is 0.348. The SMILES string of the molecule is CCN1c2ncc(-c3nc4cc(C(=O)NC)cnc4n3Cc3ccn(C)n3)cc2OCC1C. The van der Waals surface area contributed by atoms with E-state index in [9.17, 15) is 4.79 Å². The highest BCUT2D eigenvalue weighted by molar-refractivity contribution is 5.96. The van der Waals surface area contributed by atoms with Gasteiger partial charge >= 0.3 is 0 Å². The van der Waals surface area contributed by atoms with Crippen LogP contribution < -0.4 is 15.0 Å². The number of rotatable bonds is 5. The summed E-state index contributed by atoms with van der Waals surface area (Å²) in [7, 11) is 3.48. The molecule has 5 heterocycles. The minimum atomic E-state index is -0.206. The van der Waals surface area contributed by atoms with Gasteiger partial charge in [-0.25, -0.2) is 15.0 Å². The van der Waals surface area contributed by atoms with Crippen LogP contribution in [0.5, 0.6) is 5.75 Å². The van der Waals surface area contributed by atoms with E-state index in [4.69, 9.17) is 14.7 Å².